The van der Waals surface area contributed by atoms with E-state index < -0.39 is 0 Å². The molecular weight excluding hydrogens is 291 g/mol. The van der Waals surface area contributed by atoms with Crippen LogP contribution >= 0.6 is 0 Å². The van der Waals surface area contributed by atoms with Gasteiger partial charge in [-0.1, -0.05) is 6.07 Å². The van der Waals surface area contributed by atoms with Crippen molar-refractivity contribution < 1.29 is 4.39 Å². The van der Waals surface area contributed by atoms with Crippen molar-refractivity contribution in [2.75, 3.05) is 59.3 Å². The average molecular weight is 322 g/mol. The number of nitrogens with one attached hydrogen (secondary N) is 1. The molecule has 0 aromatic heterocycles. The molecule has 0 saturated carbocycles. The molecule has 130 valence electrons. The van der Waals surface area contributed by atoms with E-state index in [4.69, 9.17) is 0 Å². The summed E-state index contributed by atoms with van der Waals surface area (Å²) in [5.41, 5.74) is 1.87. The maximum atomic E-state index is 14.1. The summed E-state index contributed by atoms with van der Waals surface area (Å²) in [7, 11) is 8.23. The Morgan fingerprint density at radius 2 is 1.96 bits per heavy atom. The van der Waals surface area contributed by atoms with Crippen molar-refractivity contribution in [2.24, 2.45) is 0 Å². The summed E-state index contributed by atoms with van der Waals surface area (Å²) in [6, 6.07) is 6.14. The molecule has 0 radical (unpaired) electrons. The Labute approximate surface area is 140 Å². The van der Waals surface area contributed by atoms with E-state index in [1.807, 2.05) is 31.1 Å². The number of rotatable bonds is 7. The molecule has 0 aliphatic carbocycles. The molecular formula is C18H31FN4. The first-order chi connectivity index (χ1) is 11.0. The first kappa shape index (κ1) is 18.2. The van der Waals surface area contributed by atoms with Crippen LogP contribution in [0.4, 0.5) is 10.1 Å². The summed E-state index contributed by atoms with van der Waals surface area (Å²) in [5, 5.41) is 3.10. The molecule has 1 aromatic carbocycles. The monoisotopic (exact) mass is 322 g/mol. The van der Waals surface area contributed by atoms with Crippen LogP contribution in [0.15, 0.2) is 18.2 Å². The van der Waals surface area contributed by atoms with Gasteiger partial charge < -0.3 is 15.1 Å². The van der Waals surface area contributed by atoms with Crippen LogP contribution < -0.4 is 10.2 Å². The fraction of sp³-hybridized carbons (Fsp3) is 0.667. The second kappa shape index (κ2) is 8.62. The fourth-order valence-electron chi connectivity index (χ4n) is 3.20. The van der Waals surface area contributed by atoms with Gasteiger partial charge in [0.15, 0.2) is 0 Å². The molecule has 4 nitrogen and oxygen atoms in total. The summed E-state index contributed by atoms with van der Waals surface area (Å²) in [6.45, 7) is 4.84. The van der Waals surface area contributed by atoms with Crippen LogP contribution in [0.5, 0.6) is 0 Å². The Hall–Kier alpha value is -1.17. The predicted molar refractivity (Wildman–Crippen MR) is 95.6 cm³/mol. The van der Waals surface area contributed by atoms with Crippen LogP contribution in [-0.2, 0) is 6.54 Å². The van der Waals surface area contributed by atoms with Gasteiger partial charge in [-0.2, -0.15) is 0 Å². The highest BCUT2D eigenvalue weighted by atomic mass is 19.1. The van der Waals surface area contributed by atoms with Gasteiger partial charge in [0.25, 0.3) is 0 Å². The first-order valence-corrected chi connectivity index (χ1v) is 8.54. The van der Waals surface area contributed by atoms with E-state index >= 15 is 0 Å². The molecule has 1 aromatic rings. The van der Waals surface area contributed by atoms with Gasteiger partial charge in [0, 0.05) is 32.7 Å². The van der Waals surface area contributed by atoms with Crippen LogP contribution in [0.25, 0.3) is 0 Å². The zero-order valence-corrected chi connectivity index (χ0v) is 15.0. The molecule has 5 heteroatoms. The standard InChI is InChI=1S/C18H31FN4/c1-20-9-12-22(3)18-13-15(5-6-17(18)19)14-23(4)16-7-10-21(2)11-8-16/h5-6,13,16,20H,7-12,14H2,1-4H3. The Morgan fingerprint density at radius 3 is 2.61 bits per heavy atom. The number of nitrogens with zero attached hydrogens (tertiary/aromatic N) is 3. The molecule has 0 bridgehead atoms. The van der Waals surface area contributed by atoms with E-state index in [2.05, 4.69) is 29.2 Å². The minimum absolute atomic E-state index is 0.144. The summed E-state index contributed by atoms with van der Waals surface area (Å²) >= 11 is 0. The number of piperidine rings is 1. The van der Waals surface area contributed by atoms with E-state index in [0.29, 0.717) is 11.7 Å². The van der Waals surface area contributed by atoms with Gasteiger partial charge in [0.05, 0.1) is 5.69 Å². The molecule has 1 heterocycles. The fourth-order valence-corrected chi connectivity index (χ4v) is 3.20. The van der Waals surface area contributed by atoms with Crippen molar-refractivity contribution >= 4 is 5.69 Å². The van der Waals surface area contributed by atoms with Crippen LogP contribution in [0.2, 0.25) is 0 Å². The van der Waals surface area contributed by atoms with E-state index in [9.17, 15) is 4.39 Å². The highest BCUT2D eigenvalue weighted by Crippen LogP contribution is 2.22. The normalized spacial score (nSPS) is 17.0. The zero-order valence-electron chi connectivity index (χ0n) is 15.0. The zero-order chi connectivity index (χ0) is 16.8. The predicted octanol–water partition coefficient (Wildman–Crippen LogP) is 2.01. The van der Waals surface area contributed by atoms with Gasteiger partial charge in [-0.25, -0.2) is 4.39 Å². The molecule has 0 atom stereocenters. The molecule has 1 aliphatic heterocycles. The summed E-state index contributed by atoms with van der Waals surface area (Å²) in [6.07, 6.45) is 2.42. The Kier molecular flexibility index (Phi) is 6.81. The van der Waals surface area contributed by atoms with E-state index in [-0.39, 0.29) is 5.82 Å². The number of hydrogen-bond donors (Lipinski definition) is 1. The van der Waals surface area contributed by atoms with Crippen molar-refractivity contribution in [1.29, 1.82) is 0 Å². The summed E-state index contributed by atoms with van der Waals surface area (Å²) < 4.78 is 14.1. The SMILES string of the molecule is CNCCN(C)c1cc(CN(C)C2CCN(C)CC2)ccc1F. The van der Waals surface area contributed by atoms with Crippen LogP contribution in [0, 0.1) is 5.82 Å². The van der Waals surface area contributed by atoms with Crippen LogP contribution in [0.3, 0.4) is 0 Å². The van der Waals surface area contributed by atoms with Crippen molar-refractivity contribution in [3.05, 3.63) is 29.6 Å². The molecule has 0 amide bonds. The number of anilines is 1. The number of likely N-dealkylation sites (tertiary alicyclic amines) is 1. The number of halogens is 1. The van der Waals surface area contributed by atoms with Crippen LogP contribution in [0.1, 0.15) is 18.4 Å². The van der Waals surface area contributed by atoms with Gasteiger partial charge in [-0.05, 0) is 64.8 Å². The molecule has 23 heavy (non-hydrogen) atoms. The largest absolute Gasteiger partial charge is 0.371 e. The van der Waals surface area contributed by atoms with Crippen molar-refractivity contribution in [1.82, 2.24) is 15.1 Å². The van der Waals surface area contributed by atoms with Gasteiger partial charge in [0.1, 0.15) is 5.82 Å². The van der Waals surface area contributed by atoms with E-state index in [1.54, 1.807) is 6.07 Å². The highest BCUT2D eigenvalue weighted by molar-refractivity contribution is 5.49. The Bertz CT molecular complexity index is 486. The Morgan fingerprint density at radius 1 is 1.26 bits per heavy atom. The summed E-state index contributed by atoms with van der Waals surface area (Å²) in [4.78, 5) is 6.78. The first-order valence-electron chi connectivity index (χ1n) is 8.54. The van der Waals surface area contributed by atoms with Gasteiger partial charge in [-0.15, -0.1) is 0 Å². The third-order valence-corrected chi connectivity index (χ3v) is 4.86. The van der Waals surface area contributed by atoms with Crippen molar-refractivity contribution in [3.63, 3.8) is 0 Å². The number of benzene rings is 1. The third kappa shape index (κ3) is 5.16. The number of hydrogen-bond acceptors (Lipinski definition) is 4. The quantitative estimate of drug-likeness (QED) is 0.829. The number of likely N-dealkylation sites (N-methyl/N-ethyl adjacent to an activating group) is 2. The average Bonchev–Trinajstić information content (AvgIpc) is 2.55. The van der Waals surface area contributed by atoms with E-state index in [1.165, 1.54) is 18.4 Å². The maximum Gasteiger partial charge on any atom is 0.146 e. The van der Waals surface area contributed by atoms with Crippen molar-refractivity contribution in [3.8, 4) is 0 Å². The third-order valence-electron chi connectivity index (χ3n) is 4.86. The molecule has 1 N–H and O–H groups in total. The van der Waals surface area contributed by atoms with Gasteiger partial charge >= 0.3 is 0 Å². The Balaban J connectivity index is 1.99. The van der Waals surface area contributed by atoms with E-state index in [0.717, 1.165) is 32.7 Å². The lowest BCUT2D eigenvalue weighted by atomic mass is 10.0. The minimum Gasteiger partial charge on any atom is -0.371 e. The molecule has 1 aliphatic rings. The minimum atomic E-state index is -0.144. The lowest BCUT2D eigenvalue weighted by molar-refractivity contribution is 0.139. The van der Waals surface area contributed by atoms with Crippen molar-refractivity contribution in [2.45, 2.75) is 25.4 Å². The van der Waals surface area contributed by atoms with Crippen LogP contribution in [-0.4, -0.2) is 70.2 Å². The summed E-state index contributed by atoms with van der Waals surface area (Å²) in [5.74, 6) is -0.144. The smallest absolute Gasteiger partial charge is 0.146 e. The molecule has 0 spiro atoms. The maximum absolute atomic E-state index is 14.1. The lowest BCUT2D eigenvalue weighted by Crippen LogP contribution is -2.41. The second-order valence-electron chi connectivity index (χ2n) is 6.76. The lowest BCUT2D eigenvalue weighted by Gasteiger charge is -2.35. The molecule has 1 saturated heterocycles. The highest BCUT2D eigenvalue weighted by Gasteiger charge is 2.20. The second-order valence-corrected chi connectivity index (χ2v) is 6.76. The molecule has 0 unspecified atom stereocenters. The van der Waals surface area contributed by atoms with Gasteiger partial charge in [-0.3, -0.25) is 4.90 Å². The molecule has 2 rings (SSSR count). The molecule has 1 fully saturated rings. The van der Waals surface area contributed by atoms with Gasteiger partial charge in [0.2, 0.25) is 0 Å². The topological polar surface area (TPSA) is 21.8 Å².